The molecule has 34 heavy (non-hydrogen) atoms. The summed E-state index contributed by atoms with van der Waals surface area (Å²) in [6.45, 7) is 6.54. The Morgan fingerprint density at radius 3 is 2.71 bits per heavy atom. The molecule has 3 heterocycles. The number of pyridine rings is 1. The van der Waals surface area contributed by atoms with E-state index in [1.54, 1.807) is 40.7 Å². The lowest BCUT2D eigenvalue weighted by molar-refractivity contribution is 0.0939. The zero-order chi connectivity index (χ0) is 24.0. The molecule has 0 saturated carbocycles. The Balaban J connectivity index is 1.61. The van der Waals surface area contributed by atoms with Crippen LogP contribution in [0.3, 0.4) is 0 Å². The predicted octanol–water partition coefficient (Wildman–Crippen LogP) is 5.26. The molecule has 0 bridgehead atoms. The maximum Gasteiger partial charge on any atom is 0.290 e. The highest BCUT2D eigenvalue weighted by molar-refractivity contribution is 5.96. The summed E-state index contributed by atoms with van der Waals surface area (Å²) in [5.41, 5.74) is 6.13. The number of carbonyl (C=O) groups is 1. The molecular weight excluding hydrogens is 438 g/mol. The van der Waals surface area contributed by atoms with Gasteiger partial charge in [0, 0.05) is 17.3 Å². The van der Waals surface area contributed by atoms with Gasteiger partial charge in [0.25, 0.3) is 5.91 Å². The second kappa shape index (κ2) is 8.44. The predicted molar refractivity (Wildman–Crippen MR) is 126 cm³/mol. The van der Waals surface area contributed by atoms with Crippen molar-refractivity contribution in [2.24, 2.45) is 0 Å². The van der Waals surface area contributed by atoms with Crippen LogP contribution in [0.1, 0.15) is 41.5 Å². The van der Waals surface area contributed by atoms with Crippen molar-refractivity contribution in [3.05, 3.63) is 83.3 Å². The number of hydrogen-bond acceptors (Lipinski definition) is 4. The summed E-state index contributed by atoms with van der Waals surface area (Å²) in [6, 6.07) is 13.6. The van der Waals surface area contributed by atoms with Crippen LogP contribution in [0.25, 0.3) is 16.8 Å². The molecule has 1 amide bonds. The van der Waals surface area contributed by atoms with Crippen LogP contribution in [-0.2, 0) is 0 Å². The zero-order valence-corrected chi connectivity index (χ0v) is 19.1. The van der Waals surface area contributed by atoms with Crippen molar-refractivity contribution in [1.82, 2.24) is 14.8 Å². The van der Waals surface area contributed by atoms with E-state index in [0.29, 0.717) is 41.4 Å². The standard InChI is InChI=1S/C26H24F2N4O2/c1-15(2)24-23(26(33)30-32-11-12-34-21-9-5-4-8-20(21)32)29-25-17(7-6-10-31(24)25)18-13-16(3)14-19(27)22(18)28/h4-10,13-15H,11-12H2,1-3H3,(H,30,33). The number of anilines is 1. The fourth-order valence-electron chi connectivity index (χ4n) is 4.40. The van der Waals surface area contributed by atoms with Crippen LogP contribution < -0.4 is 15.2 Å². The molecule has 0 fully saturated rings. The average molecular weight is 463 g/mol. The van der Waals surface area contributed by atoms with Gasteiger partial charge in [0.2, 0.25) is 0 Å². The molecule has 0 radical (unpaired) electrons. The summed E-state index contributed by atoms with van der Waals surface area (Å²) in [6.07, 6.45) is 1.78. The molecule has 0 unspecified atom stereocenters. The number of fused-ring (bicyclic) bond motifs is 2. The number of carbonyl (C=O) groups excluding carboxylic acids is 1. The van der Waals surface area contributed by atoms with Crippen molar-refractivity contribution in [3.8, 4) is 16.9 Å². The third-order valence-electron chi connectivity index (χ3n) is 5.88. The van der Waals surface area contributed by atoms with E-state index < -0.39 is 11.6 Å². The van der Waals surface area contributed by atoms with E-state index >= 15 is 0 Å². The molecule has 2 aromatic heterocycles. The van der Waals surface area contributed by atoms with Crippen molar-refractivity contribution < 1.29 is 18.3 Å². The van der Waals surface area contributed by atoms with Crippen LogP contribution in [-0.4, -0.2) is 28.4 Å². The Kier molecular flexibility index (Phi) is 5.43. The summed E-state index contributed by atoms with van der Waals surface area (Å²) < 4.78 is 36.4. The van der Waals surface area contributed by atoms with Crippen LogP contribution in [0, 0.1) is 18.6 Å². The Morgan fingerprint density at radius 2 is 1.91 bits per heavy atom. The Hall–Kier alpha value is -3.94. The Labute approximate surface area is 195 Å². The van der Waals surface area contributed by atoms with Crippen LogP contribution in [0.15, 0.2) is 54.7 Å². The number of ether oxygens (including phenoxy) is 1. The molecule has 1 N–H and O–H groups in total. The second-order valence-corrected chi connectivity index (χ2v) is 8.63. The van der Waals surface area contributed by atoms with Crippen molar-refractivity contribution >= 4 is 17.2 Å². The highest BCUT2D eigenvalue weighted by Crippen LogP contribution is 2.33. The smallest absolute Gasteiger partial charge is 0.290 e. The first-order valence-electron chi connectivity index (χ1n) is 11.1. The molecule has 1 aliphatic heterocycles. The van der Waals surface area contributed by atoms with Crippen LogP contribution in [0.4, 0.5) is 14.5 Å². The van der Waals surface area contributed by atoms with Gasteiger partial charge in [-0.3, -0.25) is 15.2 Å². The number of aromatic nitrogens is 2. The first kappa shape index (κ1) is 21.9. The number of benzene rings is 2. The molecule has 8 heteroatoms. The van der Waals surface area contributed by atoms with Gasteiger partial charge in [0.15, 0.2) is 17.3 Å². The number of halogens is 2. The van der Waals surface area contributed by atoms with Gasteiger partial charge >= 0.3 is 0 Å². The summed E-state index contributed by atoms with van der Waals surface area (Å²) in [5, 5.41) is 1.74. The Bertz CT molecular complexity index is 1410. The number of hydrogen-bond donors (Lipinski definition) is 1. The highest BCUT2D eigenvalue weighted by Gasteiger charge is 2.27. The van der Waals surface area contributed by atoms with Crippen LogP contribution in [0.5, 0.6) is 5.75 Å². The second-order valence-electron chi connectivity index (χ2n) is 8.63. The molecule has 0 saturated heterocycles. The lowest BCUT2D eigenvalue weighted by Crippen LogP contribution is -2.47. The van der Waals surface area contributed by atoms with E-state index in [1.165, 1.54) is 0 Å². The molecular formula is C26H24F2N4O2. The maximum absolute atomic E-state index is 14.8. The van der Waals surface area contributed by atoms with E-state index in [-0.39, 0.29) is 23.1 Å². The number of hydrazine groups is 1. The zero-order valence-electron chi connectivity index (χ0n) is 19.1. The third kappa shape index (κ3) is 3.65. The van der Waals surface area contributed by atoms with E-state index in [0.717, 1.165) is 11.8 Å². The van der Waals surface area contributed by atoms with E-state index in [2.05, 4.69) is 10.4 Å². The quantitative estimate of drug-likeness (QED) is 0.450. The van der Waals surface area contributed by atoms with Gasteiger partial charge in [-0.2, -0.15) is 0 Å². The normalized spacial score (nSPS) is 13.2. The van der Waals surface area contributed by atoms with E-state index in [4.69, 9.17) is 4.74 Å². The number of nitrogens with zero attached hydrogens (tertiary/aromatic N) is 3. The molecule has 4 aromatic rings. The lowest BCUT2D eigenvalue weighted by atomic mass is 10.0. The topological polar surface area (TPSA) is 58.9 Å². The van der Waals surface area contributed by atoms with Gasteiger partial charge in [-0.05, 0) is 54.8 Å². The molecule has 174 valence electrons. The van der Waals surface area contributed by atoms with Gasteiger partial charge in [-0.15, -0.1) is 0 Å². The molecule has 2 aromatic carbocycles. The summed E-state index contributed by atoms with van der Waals surface area (Å²) in [7, 11) is 0. The minimum atomic E-state index is -0.941. The fraction of sp³-hybridized carbons (Fsp3) is 0.231. The number of rotatable bonds is 4. The number of para-hydroxylation sites is 2. The highest BCUT2D eigenvalue weighted by atomic mass is 19.2. The van der Waals surface area contributed by atoms with Gasteiger partial charge in [0.1, 0.15) is 18.0 Å². The number of imidazole rings is 1. The SMILES string of the molecule is Cc1cc(F)c(F)c(-c2cccn3c(C(C)C)c(C(=O)NN4CCOc5ccccc54)nc23)c1. The van der Waals surface area contributed by atoms with Crippen LogP contribution >= 0.6 is 0 Å². The van der Waals surface area contributed by atoms with Crippen molar-refractivity contribution in [2.75, 3.05) is 18.2 Å². The van der Waals surface area contributed by atoms with Crippen molar-refractivity contribution in [2.45, 2.75) is 26.7 Å². The molecule has 6 nitrogen and oxygen atoms in total. The molecule has 1 aliphatic rings. The third-order valence-corrected chi connectivity index (χ3v) is 5.88. The molecule has 5 rings (SSSR count). The minimum Gasteiger partial charge on any atom is -0.489 e. The lowest BCUT2D eigenvalue weighted by Gasteiger charge is -2.31. The van der Waals surface area contributed by atoms with Gasteiger partial charge in [0.05, 0.1) is 17.9 Å². The largest absolute Gasteiger partial charge is 0.489 e. The van der Waals surface area contributed by atoms with Gasteiger partial charge in [-0.1, -0.05) is 26.0 Å². The maximum atomic E-state index is 14.8. The number of aryl methyl sites for hydroxylation is 1. The summed E-state index contributed by atoms with van der Waals surface area (Å²) >= 11 is 0. The van der Waals surface area contributed by atoms with Crippen molar-refractivity contribution in [3.63, 3.8) is 0 Å². The first-order valence-corrected chi connectivity index (χ1v) is 11.1. The van der Waals surface area contributed by atoms with E-state index in [9.17, 15) is 13.6 Å². The summed E-state index contributed by atoms with van der Waals surface area (Å²) in [5.74, 6) is -1.61. The summed E-state index contributed by atoms with van der Waals surface area (Å²) in [4.78, 5) is 18.1. The van der Waals surface area contributed by atoms with E-state index in [1.807, 2.05) is 38.1 Å². The van der Waals surface area contributed by atoms with Crippen molar-refractivity contribution in [1.29, 1.82) is 0 Å². The molecule has 0 aliphatic carbocycles. The molecule has 0 spiro atoms. The molecule has 0 atom stereocenters. The minimum absolute atomic E-state index is 0.0536. The average Bonchev–Trinajstić information content (AvgIpc) is 3.22. The number of nitrogens with one attached hydrogen (secondary N) is 1. The first-order chi connectivity index (χ1) is 16.3. The van der Waals surface area contributed by atoms with Gasteiger partial charge in [-0.25, -0.2) is 13.8 Å². The fourth-order valence-corrected chi connectivity index (χ4v) is 4.40. The number of amides is 1. The Morgan fingerprint density at radius 1 is 1.12 bits per heavy atom. The monoisotopic (exact) mass is 462 g/mol. The van der Waals surface area contributed by atoms with Gasteiger partial charge < -0.3 is 9.14 Å². The van der Waals surface area contributed by atoms with Crippen LogP contribution in [0.2, 0.25) is 0 Å².